The maximum absolute atomic E-state index is 5.92. The Morgan fingerprint density at radius 2 is 1.06 bits per heavy atom. The van der Waals surface area contributed by atoms with Crippen LogP contribution in [0.25, 0.3) is 0 Å². The first-order chi connectivity index (χ1) is 7.83. The minimum atomic E-state index is -0.263. The van der Waals surface area contributed by atoms with E-state index in [0.717, 1.165) is 26.1 Å². The number of ether oxygens (including phenoxy) is 2. The van der Waals surface area contributed by atoms with E-state index in [0.29, 0.717) is 0 Å². The third kappa shape index (κ3) is 4.84. The van der Waals surface area contributed by atoms with Gasteiger partial charge in [0.05, 0.1) is 0 Å². The zero-order valence-corrected chi connectivity index (χ0v) is 11.1. The Morgan fingerprint density at radius 1 is 0.688 bits per heavy atom. The van der Waals surface area contributed by atoms with Crippen molar-refractivity contribution < 1.29 is 9.47 Å². The van der Waals surface area contributed by atoms with Gasteiger partial charge in [-0.3, -0.25) is 0 Å². The second-order valence-corrected chi connectivity index (χ2v) is 4.75. The van der Waals surface area contributed by atoms with Gasteiger partial charge in [0.25, 0.3) is 0 Å². The van der Waals surface area contributed by atoms with Crippen molar-refractivity contribution in [2.75, 3.05) is 13.2 Å². The molecule has 1 saturated carbocycles. The molecule has 0 heterocycles. The normalized spacial score (nSPS) is 22.9. The van der Waals surface area contributed by atoms with Crippen LogP contribution in [0.3, 0.4) is 0 Å². The first-order valence-corrected chi connectivity index (χ1v) is 7.11. The van der Waals surface area contributed by atoms with Crippen molar-refractivity contribution in [1.29, 1.82) is 0 Å². The summed E-state index contributed by atoms with van der Waals surface area (Å²) >= 11 is 0. The van der Waals surface area contributed by atoms with Crippen LogP contribution in [-0.2, 0) is 9.47 Å². The summed E-state index contributed by atoms with van der Waals surface area (Å²) in [6.07, 6.45) is 11.5. The molecule has 0 radical (unpaired) electrons. The van der Waals surface area contributed by atoms with E-state index in [1.165, 1.54) is 44.9 Å². The van der Waals surface area contributed by atoms with Gasteiger partial charge in [-0.15, -0.1) is 0 Å². The van der Waals surface area contributed by atoms with Crippen LogP contribution in [0, 0.1) is 0 Å². The fourth-order valence-electron chi connectivity index (χ4n) is 2.65. The molecule has 0 unspecified atom stereocenters. The van der Waals surface area contributed by atoms with Crippen LogP contribution in [0.2, 0.25) is 0 Å². The Labute approximate surface area is 101 Å². The zero-order chi connectivity index (χ0) is 11.7. The fraction of sp³-hybridized carbons (Fsp3) is 1.00. The van der Waals surface area contributed by atoms with Crippen LogP contribution < -0.4 is 0 Å². The minimum Gasteiger partial charge on any atom is -0.350 e. The number of rotatable bonds is 4. The molecule has 0 aliphatic heterocycles. The van der Waals surface area contributed by atoms with Gasteiger partial charge in [0.1, 0.15) is 0 Å². The average Bonchev–Trinajstić information content (AvgIpc) is 2.28. The molecule has 1 aliphatic carbocycles. The maximum atomic E-state index is 5.92. The predicted octanol–water partition coefficient (Wildman–Crippen LogP) is 4.28. The van der Waals surface area contributed by atoms with Gasteiger partial charge in [-0.05, 0) is 26.7 Å². The van der Waals surface area contributed by atoms with Crippen molar-refractivity contribution in [2.45, 2.75) is 77.4 Å². The monoisotopic (exact) mass is 228 g/mol. The number of hydrogen-bond donors (Lipinski definition) is 0. The summed E-state index contributed by atoms with van der Waals surface area (Å²) in [6, 6.07) is 0. The Morgan fingerprint density at radius 3 is 1.44 bits per heavy atom. The molecular formula is C14H28O2. The molecule has 0 saturated heterocycles. The molecule has 1 fully saturated rings. The lowest BCUT2D eigenvalue weighted by Crippen LogP contribution is -2.36. The van der Waals surface area contributed by atoms with Gasteiger partial charge in [-0.25, -0.2) is 0 Å². The lowest BCUT2D eigenvalue weighted by Gasteiger charge is -2.34. The summed E-state index contributed by atoms with van der Waals surface area (Å²) in [5, 5.41) is 0. The molecular weight excluding hydrogens is 200 g/mol. The quantitative estimate of drug-likeness (QED) is 0.669. The van der Waals surface area contributed by atoms with E-state index in [1.54, 1.807) is 0 Å². The van der Waals surface area contributed by atoms with Crippen molar-refractivity contribution in [3.8, 4) is 0 Å². The summed E-state index contributed by atoms with van der Waals surface area (Å²) in [6.45, 7) is 5.67. The van der Waals surface area contributed by atoms with E-state index < -0.39 is 0 Å². The zero-order valence-electron chi connectivity index (χ0n) is 11.1. The summed E-state index contributed by atoms with van der Waals surface area (Å²) < 4.78 is 11.8. The maximum Gasteiger partial charge on any atom is 0.168 e. The molecule has 0 atom stereocenters. The van der Waals surface area contributed by atoms with Gasteiger partial charge >= 0.3 is 0 Å². The van der Waals surface area contributed by atoms with Crippen LogP contribution in [0.1, 0.15) is 71.6 Å². The topological polar surface area (TPSA) is 18.5 Å². The average molecular weight is 228 g/mol. The van der Waals surface area contributed by atoms with E-state index in [4.69, 9.17) is 9.47 Å². The van der Waals surface area contributed by atoms with Crippen molar-refractivity contribution >= 4 is 0 Å². The van der Waals surface area contributed by atoms with Crippen molar-refractivity contribution in [1.82, 2.24) is 0 Å². The van der Waals surface area contributed by atoms with Gasteiger partial charge in [0.2, 0.25) is 0 Å². The van der Waals surface area contributed by atoms with Gasteiger partial charge in [0, 0.05) is 26.1 Å². The highest BCUT2D eigenvalue weighted by atomic mass is 16.7. The summed E-state index contributed by atoms with van der Waals surface area (Å²) in [5.41, 5.74) is 0. The van der Waals surface area contributed by atoms with Crippen LogP contribution in [0.4, 0.5) is 0 Å². The lowest BCUT2D eigenvalue weighted by molar-refractivity contribution is -0.242. The molecule has 0 aromatic heterocycles. The van der Waals surface area contributed by atoms with E-state index in [2.05, 4.69) is 13.8 Å². The fourth-order valence-corrected chi connectivity index (χ4v) is 2.65. The van der Waals surface area contributed by atoms with E-state index in [-0.39, 0.29) is 5.79 Å². The molecule has 2 nitrogen and oxygen atoms in total. The molecule has 96 valence electrons. The molecule has 1 aliphatic rings. The molecule has 0 bridgehead atoms. The van der Waals surface area contributed by atoms with Crippen molar-refractivity contribution in [3.63, 3.8) is 0 Å². The standard InChI is InChI=1S/C14H28O2/c1-3-15-14(16-4-2)12-10-8-6-5-7-9-11-13-14/h3-13H2,1-2H3. The third-order valence-corrected chi connectivity index (χ3v) is 3.43. The van der Waals surface area contributed by atoms with Crippen LogP contribution in [0.5, 0.6) is 0 Å². The molecule has 0 N–H and O–H groups in total. The Kier molecular flexibility index (Phi) is 7.06. The summed E-state index contributed by atoms with van der Waals surface area (Å²) in [5.74, 6) is -0.263. The molecule has 0 amide bonds. The van der Waals surface area contributed by atoms with Gasteiger partial charge in [0.15, 0.2) is 5.79 Å². The number of hydrogen-bond acceptors (Lipinski definition) is 2. The van der Waals surface area contributed by atoms with E-state index in [9.17, 15) is 0 Å². The van der Waals surface area contributed by atoms with Gasteiger partial charge in [-0.2, -0.15) is 0 Å². The molecule has 2 heteroatoms. The highest BCUT2D eigenvalue weighted by Crippen LogP contribution is 2.29. The Balaban J connectivity index is 2.52. The lowest BCUT2D eigenvalue weighted by atomic mass is 9.96. The first kappa shape index (κ1) is 14.0. The molecule has 0 spiro atoms. The largest absolute Gasteiger partial charge is 0.350 e. The second-order valence-electron chi connectivity index (χ2n) is 4.75. The Hall–Kier alpha value is -0.0800. The second kappa shape index (κ2) is 8.08. The SMILES string of the molecule is CCOC1(OCC)CCCCCCCCC1. The van der Waals surface area contributed by atoms with Crippen LogP contribution in [-0.4, -0.2) is 19.0 Å². The molecule has 16 heavy (non-hydrogen) atoms. The Bertz CT molecular complexity index is 150. The molecule has 0 aromatic carbocycles. The molecule has 0 aromatic rings. The molecule has 1 rings (SSSR count). The minimum absolute atomic E-state index is 0.263. The van der Waals surface area contributed by atoms with Gasteiger partial charge in [-0.1, -0.05) is 32.1 Å². The summed E-state index contributed by atoms with van der Waals surface area (Å²) in [4.78, 5) is 0. The van der Waals surface area contributed by atoms with Crippen molar-refractivity contribution in [2.24, 2.45) is 0 Å². The third-order valence-electron chi connectivity index (χ3n) is 3.43. The predicted molar refractivity (Wildman–Crippen MR) is 67.5 cm³/mol. The summed E-state index contributed by atoms with van der Waals surface area (Å²) in [7, 11) is 0. The first-order valence-electron chi connectivity index (χ1n) is 7.11. The highest BCUT2D eigenvalue weighted by molar-refractivity contribution is 4.72. The van der Waals surface area contributed by atoms with Crippen LogP contribution in [0.15, 0.2) is 0 Å². The highest BCUT2D eigenvalue weighted by Gasteiger charge is 2.30. The van der Waals surface area contributed by atoms with Gasteiger partial charge < -0.3 is 9.47 Å². The smallest absolute Gasteiger partial charge is 0.168 e. The van der Waals surface area contributed by atoms with E-state index >= 15 is 0 Å². The van der Waals surface area contributed by atoms with Crippen LogP contribution >= 0.6 is 0 Å². The van der Waals surface area contributed by atoms with Crippen molar-refractivity contribution in [3.05, 3.63) is 0 Å². The van der Waals surface area contributed by atoms with E-state index in [1.807, 2.05) is 0 Å².